The number of carbonyl (C=O) groups is 3. The number of carbonyl (C=O) groups excluding carboxylic acids is 3. The summed E-state index contributed by atoms with van der Waals surface area (Å²) in [5, 5.41) is 8.12. The Hall–Kier alpha value is -3.40. The highest BCUT2D eigenvalue weighted by atomic mass is 19.4. The van der Waals surface area contributed by atoms with E-state index in [4.69, 9.17) is 5.73 Å². The molecule has 0 saturated carbocycles. The zero-order valence-corrected chi connectivity index (χ0v) is 20.9. The van der Waals surface area contributed by atoms with Crippen LogP contribution in [0, 0.1) is 12.3 Å². The minimum atomic E-state index is -4.60. The Bertz CT molecular complexity index is 1080. The lowest BCUT2D eigenvalue weighted by Crippen LogP contribution is -2.70. The standard InChI is InChI=1S/C26H33F3N4O3/c1-17-8-10-18(11-9-17)12-13-31-16-25(23(30)36,24(2,3)4)33-21(34)15-32-22(35)19-6-5-7-20(14-19)26(27,28)29/h5-11,14,31H,12-13,15-16H2,1-4H3,(H2,30,36)(H,32,35)(H,33,34). The molecule has 1 unspecified atom stereocenters. The zero-order chi connectivity index (χ0) is 27.1. The fraction of sp³-hybridized carbons (Fsp3) is 0.423. The van der Waals surface area contributed by atoms with Gasteiger partial charge in [0.25, 0.3) is 5.91 Å². The van der Waals surface area contributed by atoms with Gasteiger partial charge >= 0.3 is 6.18 Å². The van der Waals surface area contributed by atoms with Gasteiger partial charge in [-0.3, -0.25) is 14.4 Å². The molecule has 2 aromatic rings. The van der Waals surface area contributed by atoms with Crippen molar-refractivity contribution in [1.29, 1.82) is 0 Å². The van der Waals surface area contributed by atoms with E-state index in [2.05, 4.69) is 16.0 Å². The van der Waals surface area contributed by atoms with Crippen molar-refractivity contribution >= 4 is 17.7 Å². The number of hydrogen-bond acceptors (Lipinski definition) is 4. The van der Waals surface area contributed by atoms with Crippen LogP contribution in [0.4, 0.5) is 13.2 Å². The van der Waals surface area contributed by atoms with Crippen molar-refractivity contribution in [2.45, 2.75) is 45.8 Å². The van der Waals surface area contributed by atoms with Crippen LogP contribution in [0.3, 0.4) is 0 Å². The van der Waals surface area contributed by atoms with Gasteiger partial charge in [-0.25, -0.2) is 0 Å². The molecule has 5 N–H and O–H groups in total. The van der Waals surface area contributed by atoms with E-state index in [9.17, 15) is 27.6 Å². The largest absolute Gasteiger partial charge is 0.416 e. The van der Waals surface area contributed by atoms with Crippen LogP contribution in [0.2, 0.25) is 0 Å². The summed E-state index contributed by atoms with van der Waals surface area (Å²) in [5.41, 5.74) is 4.49. The lowest BCUT2D eigenvalue weighted by atomic mass is 9.72. The Morgan fingerprint density at radius 2 is 1.61 bits per heavy atom. The molecule has 0 aliphatic rings. The molecule has 2 rings (SSSR count). The van der Waals surface area contributed by atoms with Gasteiger partial charge in [0, 0.05) is 12.1 Å². The summed E-state index contributed by atoms with van der Waals surface area (Å²) in [6.45, 7) is 7.27. The minimum Gasteiger partial charge on any atom is -0.368 e. The van der Waals surface area contributed by atoms with Crippen LogP contribution in [0.5, 0.6) is 0 Å². The van der Waals surface area contributed by atoms with Gasteiger partial charge < -0.3 is 21.7 Å². The second-order valence-corrected chi connectivity index (χ2v) is 9.74. The maximum absolute atomic E-state index is 12.9. The van der Waals surface area contributed by atoms with Crippen LogP contribution >= 0.6 is 0 Å². The number of benzene rings is 2. The number of nitrogens with one attached hydrogen (secondary N) is 3. The van der Waals surface area contributed by atoms with Crippen LogP contribution in [-0.2, 0) is 22.2 Å². The van der Waals surface area contributed by atoms with Gasteiger partial charge in [-0.1, -0.05) is 56.7 Å². The molecule has 0 saturated heterocycles. The second kappa shape index (κ2) is 11.6. The van der Waals surface area contributed by atoms with E-state index in [-0.39, 0.29) is 12.1 Å². The molecule has 7 nitrogen and oxygen atoms in total. The summed E-state index contributed by atoms with van der Waals surface area (Å²) in [7, 11) is 0. The Balaban J connectivity index is 2.04. The van der Waals surface area contributed by atoms with Crippen molar-refractivity contribution < 1.29 is 27.6 Å². The van der Waals surface area contributed by atoms with Crippen molar-refractivity contribution in [3.63, 3.8) is 0 Å². The van der Waals surface area contributed by atoms with E-state index in [0.29, 0.717) is 19.0 Å². The summed E-state index contributed by atoms with van der Waals surface area (Å²) in [5.74, 6) is -2.31. The first-order chi connectivity index (χ1) is 16.7. The third-order valence-corrected chi connectivity index (χ3v) is 6.02. The van der Waals surface area contributed by atoms with Crippen LogP contribution in [-0.4, -0.2) is 42.9 Å². The number of aryl methyl sites for hydroxylation is 1. The van der Waals surface area contributed by atoms with Gasteiger partial charge in [0.15, 0.2) is 0 Å². The topological polar surface area (TPSA) is 113 Å². The van der Waals surface area contributed by atoms with Crippen LogP contribution in [0.1, 0.15) is 47.8 Å². The fourth-order valence-corrected chi connectivity index (χ4v) is 3.66. The summed E-state index contributed by atoms with van der Waals surface area (Å²) in [6, 6.07) is 11.9. The molecule has 0 aromatic heterocycles. The third-order valence-electron chi connectivity index (χ3n) is 6.02. The van der Waals surface area contributed by atoms with Crippen molar-refractivity contribution in [3.8, 4) is 0 Å². The first-order valence-corrected chi connectivity index (χ1v) is 11.5. The number of amides is 3. The molecular weight excluding hydrogens is 473 g/mol. The predicted octanol–water partition coefficient (Wildman–Crippen LogP) is 2.96. The molecule has 10 heteroatoms. The number of halogens is 3. The van der Waals surface area contributed by atoms with E-state index in [0.717, 1.165) is 23.3 Å². The highest BCUT2D eigenvalue weighted by Gasteiger charge is 2.48. The van der Waals surface area contributed by atoms with E-state index in [1.165, 1.54) is 6.07 Å². The molecule has 3 amide bonds. The van der Waals surface area contributed by atoms with Gasteiger partial charge in [0.1, 0.15) is 5.54 Å². The summed E-state index contributed by atoms with van der Waals surface area (Å²) in [4.78, 5) is 37.6. The maximum atomic E-state index is 12.9. The molecular formula is C26H33F3N4O3. The lowest BCUT2D eigenvalue weighted by Gasteiger charge is -2.43. The van der Waals surface area contributed by atoms with Crippen molar-refractivity contribution in [1.82, 2.24) is 16.0 Å². The molecule has 2 aromatic carbocycles. The summed E-state index contributed by atoms with van der Waals surface area (Å²) < 4.78 is 38.7. The number of rotatable bonds is 10. The van der Waals surface area contributed by atoms with E-state index in [1.54, 1.807) is 20.8 Å². The lowest BCUT2D eigenvalue weighted by molar-refractivity contribution is -0.137. The molecule has 0 aliphatic heterocycles. The molecule has 0 bridgehead atoms. The molecule has 0 spiro atoms. The monoisotopic (exact) mass is 506 g/mol. The zero-order valence-electron chi connectivity index (χ0n) is 20.9. The van der Waals surface area contributed by atoms with Crippen LogP contribution < -0.4 is 21.7 Å². The molecule has 36 heavy (non-hydrogen) atoms. The Morgan fingerprint density at radius 3 is 2.17 bits per heavy atom. The second-order valence-electron chi connectivity index (χ2n) is 9.74. The third kappa shape index (κ3) is 7.55. The first-order valence-electron chi connectivity index (χ1n) is 11.5. The fourth-order valence-electron chi connectivity index (χ4n) is 3.66. The average molecular weight is 507 g/mol. The Morgan fingerprint density at radius 1 is 0.972 bits per heavy atom. The minimum absolute atomic E-state index is 0.0466. The van der Waals surface area contributed by atoms with Crippen LogP contribution in [0.15, 0.2) is 48.5 Å². The van der Waals surface area contributed by atoms with E-state index < -0.39 is 47.0 Å². The number of hydrogen-bond donors (Lipinski definition) is 4. The summed E-state index contributed by atoms with van der Waals surface area (Å²) >= 11 is 0. The molecule has 0 radical (unpaired) electrons. The Labute approximate surface area is 209 Å². The average Bonchev–Trinajstić information content (AvgIpc) is 2.79. The SMILES string of the molecule is Cc1ccc(CCNCC(NC(=O)CNC(=O)c2cccc(C(F)(F)F)c2)(C(N)=O)C(C)(C)C)cc1. The van der Waals surface area contributed by atoms with Crippen LogP contribution in [0.25, 0.3) is 0 Å². The normalized spacial score (nSPS) is 13.5. The van der Waals surface area contributed by atoms with E-state index in [1.807, 2.05) is 31.2 Å². The number of nitrogens with two attached hydrogens (primary N) is 1. The quantitative estimate of drug-likeness (QED) is 0.371. The van der Waals surface area contributed by atoms with E-state index >= 15 is 0 Å². The first kappa shape index (κ1) is 28.8. The number of alkyl halides is 3. The molecule has 0 heterocycles. The van der Waals surface area contributed by atoms with Crippen molar-refractivity contribution in [2.75, 3.05) is 19.6 Å². The van der Waals surface area contributed by atoms with Crippen molar-refractivity contribution in [2.24, 2.45) is 11.1 Å². The van der Waals surface area contributed by atoms with Gasteiger partial charge in [-0.05, 0) is 49.1 Å². The van der Waals surface area contributed by atoms with Gasteiger partial charge in [-0.2, -0.15) is 13.2 Å². The highest BCUT2D eigenvalue weighted by molar-refractivity contribution is 5.98. The molecule has 1 atom stereocenters. The molecule has 0 aliphatic carbocycles. The highest BCUT2D eigenvalue weighted by Crippen LogP contribution is 2.30. The predicted molar refractivity (Wildman–Crippen MR) is 131 cm³/mol. The molecule has 0 fully saturated rings. The maximum Gasteiger partial charge on any atom is 0.416 e. The smallest absolute Gasteiger partial charge is 0.368 e. The van der Waals surface area contributed by atoms with Crippen molar-refractivity contribution in [3.05, 3.63) is 70.8 Å². The van der Waals surface area contributed by atoms with Gasteiger partial charge in [0.2, 0.25) is 11.8 Å². The number of primary amides is 1. The van der Waals surface area contributed by atoms with Gasteiger partial charge in [-0.15, -0.1) is 0 Å². The Kier molecular flexibility index (Phi) is 9.26. The summed E-state index contributed by atoms with van der Waals surface area (Å²) in [6.07, 6.45) is -3.91. The van der Waals surface area contributed by atoms with Gasteiger partial charge in [0.05, 0.1) is 12.1 Å². The molecule has 196 valence electrons.